The van der Waals surface area contributed by atoms with E-state index in [4.69, 9.17) is 5.26 Å². The Labute approximate surface area is 95.4 Å². The molecule has 0 bridgehead atoms. The minimum atomic E-state index is -4.06. The molecule has 0 amide bonds. The Morgan fingerprint density at radius 1 is 1.53 bits per heavy atom. The second kappa shape index (κ2) is 4.87. The third-order valence-corrected chi connectivity index (χ3v) is 1.97. The Morgan fingerprint density at radius 2 is 2.18 bits per heavy atom. The molecule has 0 N–H and O–H groups in total. The summed E-state index contributed by atoms with van der Waals surface area (Å²) < 4.78 is 44.3. The summed E-state index contributed by atoms with van der Waals surface area (Å²) in [4.78, 5) is 11.0. The average Bonchev–Trinajstić information content (AvgIpc) is 2.28. The summed E-state index contributed by atoms with van der Waals surface area (Å²) in [5.74, 6) is -7.20. The lowest BCUT2D eigenvalue weighted by atomic mass is 10.1. The molecule has 0 aliphatic heterocycles. The maximum atomic E-state index is 13.4. The molecule has 0 heterocycles. The van der Waals surface area contributed by atoms with Gasteiger partial charge in [0.05, 0.1) is 23.8 Å². The van der Waals surface area contributed by atoms with Gasteiger partial charge in [-0.25, -0.2) is 9.18 Å². The van der Waals surface area contributed by atoms with Crippen molar-refractivity contribution in [3.8, 4) is 6.07 Å². The average molecular weight is 243 g/mol. The molecule has 0 fully saturated rings. The Morgan fingerprint density at radius 3 is 2.65 bits per heavy atom. The maximum Gasteiger partial charge on any atom is 0.382 e. The van der Waals surface area contributed by atoms with Crippen molar-refractivity contribution in [1.82, 2.24) is 0 Å². The molecule has 17 heavy (non-hydrogen) atoms. The zero-order chi connectivity index (χ0) is 13.1. The van der Waals surface area contributed by atoms with Crippen molar-refractivity contribution in [2.45, 2.75) is 12.8 Å². The van der Waals surface area contributed by atoms with Gasteiger partial charge in [0, 0.05) is 0 Å². The number of hydrogen-bond donors (Lipinski definition) is 0. The highest BCUT2D eigenvalue weighted by Gasteiger charge is 2.44. The van der Waals surface area contributed by atoms with E-state index in [-0.39, 0.29) is 12.2 Å². The quantitative estimate of drug-likeness (QED) is 0.765. The molecular formula is C11H8F3NO2. The van der Waals surface area contributed by atoms with Gasteiger partial charge >= 0.3 is 11.9 Å². The van der Waals surface area contributed by atoms with Crippen molar-refractivity contribution >= 4 is 5.97 Å². The minimum Gasteiger partial charge on any atom is -0.461 e. The molecule has 6 heteroatoms. The molecule has 3 nitrogen and oxygen atoms in total. The van der Waals surface area contributed by atoms with Gasteiger partial charge in [0.15, 0.2) is 0 Å². The number of carbonyl (C=O) groups excluding carboxylic acids is 1. The first-order valence-electron chi connectivity index (χ1n) is 4.68. The van der Waals surface area contributed by atoms with Gasteiger partial charge < -0.3 is 4.74 Å². The molecular weight excluding hydrogens is 235 g/mol. The SMILES string of the molecule is CCOC(=O)C(F)(F)c1ccc(C#N)cc1F. The molecule has 0 aromatic heterocycles. The molecule has 1 aromatic rings. The van der Waals surface area contributed by atoms with Crippen molar-refractivity contribution in [2.75, 3.05) is 6.61 Å². The first-order chi connectivity index (χ1) is 7.93. The normalized spacial score (nSPS) is 10.8. The van der Waals surface area contributed by atoms with E-state index < -0.39 is 23.3 Å². The number of alkyl halides is 2. The van der Waals surface area contributed by atoms with Crippen LogP contribution in [0.25, 0.3) is 0 Å². The monoisotopic (exact) mass is 243 g/mol. The number of nitrogens with zero attached hydrogens (tertiary/aromatic N) is 1. The third kappa shape index (κ3) is 2.56. The molecule has 0 aliphatic rings. The van der Waals surface area contributed by atoms with E-state index in [9.17, 15) is 18.0 Å². The molecule has 0 radical (unpaired) electrons. The molecule has 0 aliphatic carbocycles. The van der Waals surface area contributed by atoms with Crippen LogP contribution >= 0.6 is 0 Å². The lowest BCUT2D eigenvalue weighted by molar-refractivity contribution is -0.173. The Kier molecular flexibility index (Phi) is 3.73. The number of benzene rings is 1. The fourth-order valence-corrected chi connectivity index (χ4v) is 1.17. The van der Waals surface area contributed by atoms with E-state index in [1.54, 1.807) is 6.07 Å². The molecule has 0 saturated heterocycles. The van der Waals surface area contributed by atoms with Crippen LogP contribution in [-0.4, -0.2) is 12.6 Å². The van der Waals surface area contributed by atoms with Gasteiger partial charge in [-0.3, -0.25) is 0 Å². The second-order valence-electron chi connectivity index (χ2n) is 3.10. The first-order valence-corrected chi connectivity index (χ1v) is 4.68. The lowest BCUT2D eigenvalue weighted by Gasteiger charge is -2.15. The van der Waals surface area contributed by atoms with E-state index in [1.165, 1.54) is 6.92 Å². The number of ether oxygens (including phenoxy) is 1. The van der Waals surface area contributed by atoms with Crippen LogP contribution in [0, 0.1) is 17.1 Å². The summed E-state index contributed by atoms with van der Waals surface area (Å²) in [5.41, 5.74) is -1.21. The van der Waals surface area contributed by atoms with Crippen LogP contribution in [0.4, 0.5) is 13.2 Å². The van der Waals surface area contributed by atoms with E-state index >= 15 is 0 Å². The van der Waals surface area contributed by atoms with Crippen LogP contribution in [0.15, 0.2) is 18.2 Å². The van der Waals surface area contributed by atoms with Crippen molar-refractivity contribution in [3.63, 3.8) is 0 Å². The third-order valence-electron chi connectivity index (χ3n) is 1.97. The van der Waals surface area contributed by atoms with Gasteiger partial charge in [0.1, 0.15) is 5.82 Å². The van der Waals surface area contributed by atoms with E-state index in [1.807, 2.05) is 0 Å². The lowest BCUT2D eigenvalue weighted by Crippen LogP contribution is -2.29. The summed E-state index contributed by atoms with van der Waals surface area (Å²) in [7, 11) is 0. The first kappa shape index (κ1) is 13.0. The summed E-state index contributed by atoms with van der Waals surface area (Å²) >= 11 is 0. The molecule has 0 saturated carbocycles. The molecule has 0 spiro atoms. The Hall–Kier alpha value is -2.03. The van der Waals surface area contributed by atoms with Gasteiger partial charge in [0.2, 0.25) is 0 Å². The topological polar surface area (TPSA) is 50.1 Å². The highest BCUT2D eigenvalue weighted by molar-refractivity contribution is 5.79. The van der Waals surface area contributed by atoms with Crippen molar-refractivity contribution in [2.24, 2.45) is 0 Å². The summed E-state index contributed by atoms with van der Waals surface area (Å²) in [6.45, 7) is 1.13. The van der Waals surface area contributed by atoms with Crippen LogP contribution in [0.1, 0.15) is 18.1 Å². The van der Waals surface area contributed by atoms with Gasteiger partial charge in [-0.2, -0.15) is 14.0 Å². The van der Waals surface area contributed by atoms with Crippen LogP contribution < -0.4 is 0 Å². The maximum absolute atomic E-state index is 13.4. The van der Waals surface area contributed by atoms with Gasteiger partial charge in [-0.05, 0) is 25.1 Å². The number of rotatable bonds is 3. The Balaban J connectivity index is 3.16. The van der Waals surface area contributed by atoms with Crippen molar-refractivity contribution in [3.05, 3.63) is 35.1 Å². The van der Waals surface area contributed by atoms with Gasteiger partial charge in [-0.15, -0.1) is 0 Å². The zero-order valence-electron chi connectivity index (χ0n) is 8.84. The zero-order valence-corrected chi connectivity index (χ0v) is 8.84. The highest BCUT2D eigenvalue weighted by Crippen LogP contribution is 2.31. The van der Waals surface area contributed by atoms with Crippen molar-refractivity contribution in [1.29, 1.82) is 5.26 Å². The van der Waals surface area contributed by atoms with Crippen molar-refractivity contribution < 1.29 is 22.7 Å². The van der Waals surface area contributed by atoms with Gasteiger partial charge in [0.25, 0.3) is 0 Å². The fourth-order valence-electron chi connectivity index (χ4n) is 1.17. The molecule has 1 aromatic carbocycles. The predicted molar refractivity (Wildman–Crippen MR) is 51.6 cm³/mol. The molecule has 90 valence electrons. The summed E-state index contributed by atoms with van der Waals surface area (Å²) in [6.07, 6.45) is 0. The number of halogens is 3. The highest BCUT2D eigenvalue weighted by atomic mass is 19.3. The standard InChI is InChI=1S/C11H8F3NO2/c1-2-17-10(16)11(13,14)8-4-3-7(6-15)5-9(8)12/h3-5H,2H2,1H3. The molecule has 1 rings (SSSR count). The minimum absolute atomic E-state index is 0.106. The number of esters is 1. The van der Waals surface area contributed by atoms with Crippen LogP contribution in [0.3, 0.4) is 0 Å². The predicted octanol–water partition coefficient (Wildman–Crippen LogP) is 2.35. The smallest absolute Gasteiger partial charge is 0.382 e. The van der Waals surface area contributed by atoms with Crippen LogP contribution in [0.2, 0.25) is 0 Å². The fraction of sp³-hybridized carbons (Fsp3) is 0.273. The summed E-state index contributed by atoms with van der Waals surface area (Å²) in [6, 6.07) is 3.95. The summed E-state index contributed by atoms with van der Waals surface area (Å²) in [5, 5.41) is 8.45. The largest absolute Gasteiger partial charge is 0.461 e. The van der Waals surface area contributed by atoms with Crippen LogP contribution in [-0.2, 0) is 15.5 Å². The number of hydrogen-bond acceptors (Lipinski definition) is 3. The second-order valence-corrected chi connectivity index (χ2v) is 3.10. The van der Waals surface area contributed by atoms with E-state index in [0.717, 1.165) is 6.07 Å². The molecule has 0 unspecified atom stereocenters. The van der Waals surface area contributed by atoms with E-state index in [0.29, 0.717) is 12.1 Å². The molecule has 0 atom stereocenters. The number of nitriles is 1. The Bertz CT molecular complexity index is 480. The van der Waals surface area contributed by atoms with Crippen LogP contribution in [0.5, 0.6) is 0 Å². The number of carbonyl (C=O) groups is 1. The van der Waals surface area contributed by atoms with Gasteiger partial charge in [-0.1, -0.05) is 0 Å². The van der Waals surface area contributed by atoms with E-state index in [2.05, 4.69) is 4.74 Å².